The molecule has 1 saturated carbocycles. The third kappa shape index (κ3) is 3.13. The van der Waals surface area contributed by atoms with Gasteiger partial charge in [0.15, 0.2) is 0 Å². The van der Waals surface area contributed by atoms with Gasteiger partial charge in [0, 0.05) is 5.92 Å². The van der Waals surface area contributed by atoms with Crippen molar-refractivity contribution in [3.63, 3.8) is 0 Å². The molecule has 0 N–H and O–H groups in total. The van der Waals surface area contributed by atoms with Gasteiger partial charge in [-0.15, -0.1) is 0 Å². The second-order valence-electron chi connectivity index (χ2n) is 4.54. The summed E-state index contributed by atoms with van der Waals surface area (Å²) >= 11 is 0. The molecule has 0 aromatic heterocycles. The van der Waals surface area contributed by atoms with E-state index in [2.05, 4.69) is 26.5 Å². The zero-order chi connectivity index (χ0) is 10.7. The van der Waals surface area contributed by atoms with E-state index in [0.29, 0.717) is 17.6 Å². The van der Waals surface area contributed by atoms with Gasteiger partial charge in [-0.1, -0.05) is 23.8 Å². The normalized spacial score (nSPS) is 24.2. The van der Waals surface area contributed by atoms with Gasteiger partial charge in [-0.05, 0) is 46.0 Å². The highest BCUT2D eigenvalue weighted by Crippen LogP contribution is 2.45. The number of hydrogen-bond acceptors (Lipinski definition) is 1. The van der Waals surface area contributed by atoms with Gasteiger partial charge in [0.05, 0.1) is 0 Å². The SMILES string of the molecule is C=C(CCC=C(C)C)C1CC1C(C)=O. The van der Waals surface area contributed by atoms with E-state index in [0.717, 1.165) is 19.3 Å². The van der Waals surface area contributed by atoms with Crippen molar-refractivity contribution in [1.82, 2.24) is 0 Å². The molecule has 0 amide bonds. The van der Waals surface area contributed by atoms with E-state index in [1.165, 1.54) is 11.1 Å². The number of carbonyl (C=O) groups is 1. The Morgan fingerprint density at radius 1 is 1.36 bits per heavy atom. The maximum atomic E-state index is 11.0. The van der Waals surface area contributed by atoms with Gasteiger partial charge >= 0.3 is 0 Å². The van der Waals surface area contributed by atoms with Gasteiger partial charge < -0.3 is 0 Å². The van der Waals surface area contributed by atoms with Crippen molar-refractivity contribution < 1.29 is 4.79 Å². The van der Waals surface area contributed by atoms with Crippen molar-refractivity contribution in [2.45, 2.75) is 40.0 Å². The van der Waals surface area contributed by atoms with Crippen molar-refractivity contribution in [2.75, 3.05) is 0 Å². The Morgan fingerprint density at radius 3 is 2.43 bits per heavy atom. The molecule has 2 atom stereocenters. The monoisotopic (exact) mass is 192 g/mol. The van der Waals surface area contributed by atoms with E-state index in [1.807, 2.05) is 0 Å². The quantitative estimate of drug-likeness (QED) is 0.609. The summed E-state index contributed by atoms with van der Waals surface area (Å²) in [5.41, 5.74) is 2.62. The van der Waals surface area contributed by atoms with Crippen LogP contribution in [0.2, 0.25) is 0 Å². The van der Waals surface area contributed by atoms with Gasteiger partial charge in [0.1, 0.15) is 5.78 Å². The van der Waals surface area contributed by atoms with E-state index in [1.54, 1.807) is 6.92 Å². The predicted octanol–water partition coefficient (Wildman–Crippen LogP) is 3.51. The first-order valence-electron chi connectivity index (χ1n) is 5.34. The molecule has 1 nitrogen and oxygen atoms in total. The lowest BCUT2D eigenvalue weighted by Crippen LogP contribution is -1.96. The van der Waals surface area contributed by atoms with Gasteiger partial charge in [-0.2, -0.15) is 0 Å². The minimum Gasteiger partial charge on any atom is -0.300 e. The average molecular weight is 192 g/mol. The highest BCUT2D eigenvalue weighted by Gasteiger charge is 2.41. The van der Waals surface area contributed by atoms with Crippen LogP contribution in [0.25, 0.3) is 0 Å². The zero-order valence-corrected chi connectivity index (χ0v) is 9.47. The third-order valence-corrected chi connectivity index (χ3v) is 2.86. The maximum absolute atomic E-state index is 11.0. The number of carbonyl (C=O) groups excluding carboxylic acids is 1. The second-order valence-corrected chi connectivity index (χ2v) is 4.54. The third-order valence-electron chi connectivity index (χ3n) is 2.86. The molecular formula is C13H20O. The molecule has 0 radical (unpaired) electrons. The number of rotatable bonds is 5. The van der Waals surface area contributed by atoms with Gasteiger partial charge in [-0.3, -0.25) is 4.79 Å². The molecule has 0 bridgehead atoms. The molecule has 0 spiro atoms. The first-order valence-corrected chi connectivity index (χ1v) is 5.34. The van der Waals surface area contributed by atoms with E-state index in [4.69, 9.17) is 0 Å². The fourth-order valence-electron chi connectivity index (χ4n) is 1.83. The zero-order valence-electron chi connectivity index (χ0n) is 9.47. The van der Waals surface area contributed by atoms with Crippen molar-refractivity contribution in [2.24, 2.45) is 11.8 Å². The van der Waals surface area contributed by atoms with Crippen LogP contribution in [0.1, 0.15) is 40.0 Å². The first kappa shape index (κ1) is 11.2. The summed E-state index contributed by atoms with van der Waals surface area (Å²) in [4.78, 5) is 11.0. The molecule has 1 heteroatoms. The second kappa shape index (κ2) is 4.59. The molecule has 0 aliphatic heterocycles. The molecule has 1 aliphatic carbocycles. The lowest BCUT2D eigenvalue weighted by molar-refractivity contribution is -0.118. The summed E-state index contributed by atoms with van der Waals surface area (Å²) in [6.45, 7) is 9.97. The minimum absolute atomic E-state index is 0.300. The summed E-state index contributed by atoms with van der Waals surface area (Å²) in [7, 11) is 0. The summed E-state index contributed by atoms with van der Waals surface area (Å²) in [6, 6.07) is 0. The van der Waals surface area contributed by atoms with Gasteiger partial charge in [0.2, 0.25) is 0 Å². The number of Topliss-reactive ketones (excluding diaryl/α,β-unsaturated/α-hetero) is 1. The molecule has 1 rings (SSSR count). The number of hydrogen-bond donors (Lipinski definition) is 0. The van der Waals surface area contributed by atoms with E-state index < -0.39 is 0 Å². The topological polar surface area (TPSA) is 17.1 Å². The first-order chi connectivity index (χ1) is 6.52. The fraction of sp³-hybridized carbons (Fsp3) is 0.615. The van der Waals surface area contributed by atoms with Crippen LogP contribution in [-0.4, -0.2) is 5.78 Å². The summed E-state index contributed by atoms with van der Waals surface area (Å²) < 4.78 is 0. The Hall–Kier alpha value is -0.850. The Morgan fingerprint density at radius 2 is 2.00 bits per heavy atom. The van der Waals surface area contributed by atoms with E-state index in [-0.39, 0.29) is 0 Å². The lowest BCUT2D eigenvalue weighted by atomic mass is 10.0. The minimum atomic E-state index is 0.300. The van der Waals surface area contributed by atoms with Crippen LogP contribution in [0.5, 0.6) is 0 Å². The average Bonchev–Trinajstić information content (AvgIpc) is 2.81. The van der Waals surface area contributed by atoms with Crippen LogP contribution in [0.3, 0.4) is 0 Å². The maximum Gasteiger partial charge on any atom is 0.133 e. The molecule has 2 unspecified atom stereocenters. The van der Waals surface area contributed by atoms with Crippen LogP contribution >= 0.6 is 0 Å². The van der Waals surface area contributed by atoms with Crippen LogP contribution in [0.15, 0.2) is 23.8 Å². The number of ketones is 1. The Balaban J connectivity index is 2.25. The molecule has 1 aliphatic rings. The molecular weight excluding hydrogens is 172 g/mol. The molecule has 0 aromatic carbocycles. The summed E-state index contributed by atoms with van der Waals surface area (Å²) in [6.07, 6.45) is 5.39. The fourth-order valence-corrected chi connectivity index (χ4v) is 1.83. The highest BCUT2D eigenvalue weighted by atomic mass is 16.1. The van der Waals surface area contributed by atoms with E-state index >= 15 is 0 Å². The predicted molar refractivity (Wildman–Crippen MR) is 60.1 cm³/mol. The van der Waals surface area contributed by atoms with E-state index in [9.17, 15) is 4.79 Å². The molecule has 78 valence electrons. The smallest absolute Gasteiger partial charge is 0.133 e. The molecule has 14 heavy (non-hydrogen) atoms. The molecule has 1 fully saturated rings. The highest BCUT2D eigenvalue weighted by molar-refractivity contribution is 5.81. The lowest BCUT2D eigenvalue weighted by Gasteiger charge is -2.01. The summed E-state index contributed by atoms with van der Waals surface area (Å²) in [5, 5.41) is 0. The van der Waals surface area contributed by atoms with Crippen molar-refractivity contribution in [3.05, 3.63) is 23.8 Å². The number of allylic oxidation sites excluding steroid dienone is 3. The standard InChI is InChI=1S/C13H20O/c1-9(2)6-5-7-10(3)12-8-13(12)11(4)14/h6,12-13H,3,5,7-8H2,1-2,4H3. The van der Waals surface area contributed by atoms with Gasteiger partial charge in [-0.25, -0.2) is 0 Å². The Kier molecular flexibility index (Phi) is 3.68. The van der Waals surface area contributed by atoms with Crippen LogP contribution in [-0.2, 0) is 4.79 Å². The van der Waals surface area contributed by atoms with Gasteiger partial charge in [0.25, 0.3) is 0 Å². The Labute approximate surface area is 86.9 Å². The molecule has 0 aromatic rings. The molecule has 0 heterocycles. The van der Waals surface area contributed by atoms with Crippen molar-refractivity contribution >= 4 is 5.78 Å². The largest absolute Gasteiger partial charge is 0.300 e. The summed E-state index contributed by atoms with van der Waals surface area (Å²) in [5.74, 6) is 1.13. The van der Waals surface area contributed by atoms with Crippen LogP contribution < -0.4 is 0 Å². The molecule has 0 saturated heterocycles. The van der Waals surface area contributed by atoms with Crippen molar-refractivity contribution in [1.29, 1.82) is 0 Å². The van der Waals surface area contributed by atoms with Crippen molar-refractivity contribution in [3.8, 4) is 0 Å². The van der Waals surface area contributed by atoms with Crippen LogP contribution in [0, 0.1) is 11.8 Å². The Bertz CT molecular complexity index is 269. The van der Waals surface area contributed by atoms with Crippen LogP contribution in [0.4, 0.5) is 0 Å².